The van der Waals surface area contributed by atoms with Gasteiger partial charge in [-0.3, -0.25) is 9.59 Å². The summed E-state index contributed by atoms with van der Waals surface area (Å²) >= 11 is 12.0. The van der Waals surface area contributed by atoms with Crippen molar-refractivity contribution in [3.63, 3.8) is 0 Å². The Balaban J connectivity index is 2.30. The van der Waals surface area contributed by atoms with Gasteiger partial charge in [0.05, 0.1) is 16.5 Å². The standard InChI is InChI=1S/C23H27Cl2FN2O2/c1-4-15(3)27-23(30)21(5-2)28(14-16-6-9-18(26)10-7-16)22(29)13-17-8-11-19(24)20(25)12-17/h6-12,15,21H,4-5,13-14H2,1-3H3,(H,27,30)/t15-,21+/m1/s1. The van der Waals surface area contributed by atoms with E-state index in [0.29, 0.717) is 22.0 Å². The molecule has 2 rings (SSSR count). The molecule has 30 heavy (non-hydrogen) atoms. The number of nitrogens with zero attached hydrogens (tertiary/aromatic N) is 1. The van der Waals surface area contributed by atoms with Crippen LogP contribution in [0, 0.1) is 5.82 Å². The fraction of sp³-hybridized carbons (Fsp3) is 0.391. The third-order valence-corrected chi connectivity index (χ3v) is 5.73. The highest BCUT2D eigenvalue weighted by molar-refractivity contribution is 6.42. The Hall–Kier alpha value is -2.11. The first-order chi connectivity index (χ1) is 14.2. The zero-order chi connectivity index (χ0) is 22.3. The molecule has 0 saturated carbocycles. The molecule has 2 aromatic rings. The SMILES string of the molecule is CC[C@@H](C)NC(=O)[C@H](CC)N(Cc1ccc(F)cc1)C(=O)Cc1ccc(Cl)c(Cl)c1. The molecular formula is C23H27Cl2FN2O2. The average molecular weight is 453 g/mol. The van der Waals surface area contributed by atoms with Gasteiger partial charge in [-0.05, 0) is 55.2 Å². The Bertz CT molecular complexity index is 874. The molecule has 0 bridgehead atoms. The molecule has 0 aromatic heterocycles. The van der Waals surface area contributed by atoms with Crippen molar-refractivity contribution in [1.82, 2.24) is 10.2 Å². The molecule has 162 valence electrons. The van der Waals surface area contributed by atoms with E-state index in [0.717, 1.165) is 12.0 Å². The van der Waals surface area contributed by atoms with E-state index in [4.69, 9.17) is 23.2 Å². The second-order valence-electron chi connectivity index (χ2n) is 7.32. The second kappa shape index (κ2) is 11.3. The Morgan fingerprint density at radius 2 is 1.63 bits per heavy atom. The third-order valence-electron chi connectivity index (χ3n) is 4.99. The minimum atomic E-state index is -0.640. The molecule has 2 aromatic carbocycles. The van der Waals surface area contributed by atoms with Crippen molar-refractivity contribution in [2.45, 2.75) is 58.7 Å². The zero-order valence-electron chi connectivity index (χ0n) is 17.4. The van der Waals surface area contributed by atoms with Crippen LogP contribution in [0.5, 0.6) is 0 Å². The number of amides is 2. The molecule has 0 unspecified atom stereocenters. The minimum absolute atomic E-state index is 0.00407. The van der Waals surface area contributed by atoms with E-state index in [1.165, 1.54) is 12.1 Å². The van der Waals surface area contributed by atoms with Crippen molar-refractivity contribution in [1.29, 1.82) is 0 Å². The van der Waals surface area contributed by atoms with E-state index in [1.807, 2.05) is 20.8 Å². The predicted octanol–water partition coefficient (Wildman–Crippen LogP) is 5.40. The fourth-order valence-corrected chi connectivity index (χ4v) is 3.39. The number of nitrogens with one attached hydrogen (secondary N) is 1. The summed E-state index contributed by atoms with van der Waals surface area (Å²) in [5.41, 5.74) is 1.45. The molecule has 0 spiro atoms. The van der Waals surface area contributed by atoms with Crippen LogP contribution < -0.4 is 5.32 Å². The van der Waals surface area contributed by atoms with Crippen LogP contribution in [0.3, 0.4) is 0 Å². The van der Waals surface area contributed by atoms with Crippen LogP contribution in [0.4, 0.5) is 4.39 Å². The maximum atomic E-state index is 13.3. The first kappa shape index (κ1) is 24.2. The highest BCUT2D eigenvalue weighted by Crippen LogP contribution is 2.23. The summed E-state index contributed by atoms with van der Waals surface area (Å²) < 4.78 is 13.3. The van der Waals surface area contributed by atoms with E-state index < -0.39 is 6.04 Å². The number of benzene rings is 2. The quantitative estimate of drug-likeness (QED) is 0.553. The molecule has 0 saturated heterocycles. The molecule has 2 atom stereocenters. The maximum absolute atomic E-state index is 13.3. The largest absolute Gasteiger partial charge is 0.352 e. The highest BCUT2D eigenvalue weighted by atomic mass is 35.5. The summed E-state index contributed by atoms with van der Waals surface area (Å²) in [5.74, 6) is -0.769. The molecule has 0 aliphatic rings. The van der Waals surface area contributed by atoms with Gasteiger partial charge in [0, 0.05) is 12.6 Å². The lowest BCUT2D eigenvalue weighted by Gasteiger charge is -2.31. The van der Waals surface area contributed by atoms with Gasteiger partial charge in [0.25, 0.3) is 0 Å². The summed E-state index contributed by atoms with van der Waals surface area (Å²) in [7, 11) is 0. The van der Waals surface area contributed by atoms with Crippen molar-refractivity contribution in [2.75, 3.05) is 0 Å². The molecule has 7 heteroatoms. The van der Waals surface area contributed by atoms with Crippen molar-refractivity contribution in [3.05, 3.63) is 69.5 Å². The van der Waals surface area contributed by atoms with E-state index >= 15 is 0 Å². The topological polar surface area (TPSA) is 49.4 Å². The fourth-order valence-electron chi connectivity index (χ4n) is 3.07. The molecule has 0 radical (unpaired) electrons. The molecular weight excluding hydrogens is 426 g/mol. The van der Waals surface area contributed by atoms with Gasteiger partial charge in [0.1, 0.15) is 11.9 Å². The van der Waals surface area contributed by atoms with E-state index in [2.05, 4.69) is 5.32 Å². The van der Waals surface area contributed by atoms with Crippen LogP contribution in [-0.4, -0.2) is 28.8 Å². The number of rotatable bonds is 9. The number of carbonyl (C=O) groups excluding carboxylic acids is 2. The molecule has 0 aliphatic carbocycles. The molecule has 2 amide bonds. The summed E-state index contributed by atoms with van der Waals surface area (Å²) in [6.45, 7) is 5.97. The average Bonchev–Trinajstić information content (AvgIpc) is 2.71. The summed E-state index contributed by atoms with van der Waals surface area (Å²) in [4.78, 5) is 27.7. The summed E-state index contributed by atoms with van der Waals surface area (Å²) in [6, 6.07) is 10.3. The zero-order valence-corrected chi connectivity index (χ0v) is 18.9. The Labute approximate surface area is 187 Å². The van der Waals surface area contributed by atoms with Crippen LogP contribution in [0.2, 0.25) is 10.0 Å². The maximum Gasteiger partial charge on any atom is 0.243 e. The normalized spacial score (nSPS) is 12.9. The molecule has 4 nitrogen and oxygen atoms in total. The Morgan fingerprint density at radius 3 is 2.20 bits per heavy atom. The van der Waals surface area contributed by atoms with Crippen molar-refractivity contribution in [3.8, 4) is 0 Å². The first-order valence-corrected chi connectivity index (χ1v) is 10.8. The van der Waals surface area contributed by atoms with Gasteiger partial charge in [-0.2, -0.15) is 0 Å². The van der Waals surface area contributed by atoms with Crippen molar-refractivity contribution >= 4 is 35.0 Å². The number of carbonyl (C=O) groups is 2. The summed E-state index contributed by atoms with van der Waals surface area (Å²) in [6.07, 6.45) is 1.32. The van der Waals surface area contributed by atoms with E-state index in [9.17, 15) is 14.0 Å². The second-order valence-corrected chi connectivity index (χ2v) is 8.13. The van der Waals surface area contributed by atoms with Crippen LogP contribution >= 0.6 is 23.2 Å². The molecule has 0 heterocycles. The smallest absolute Gasteiger partial charge is 0.243 e. The van der Waals surface area contributed by atoms with Crippen LogP contribution in [0.15, 0.2) is 42.5 Å². The van der Waals surface area contributed by atoms with Gasteiger partial charge in [-0.15, -0.1) is 0 Å². The van der Waals surface area contributed by atoms with Gasteiger partial charge in [-0.1, -0.05) is 55.2 Å². The van der Waals surface area contributed by atoms with Gasteiger partial charge < -0.3 is 10.2 Å². The Kier molecular flexibility index (Phi) is 9.12. The van der Waals surface area contributed by atoms with E-state index in [1.54, 1.807) is 35.2 Å². The Morgan fingerprint density at radius 1 is 1.00 bits per heavy atom. The van der Waals surface area contributed by atoms with Gasteiger partial charge in [0.15, 0.2) is 0 Å². The minimum Gasteiger partial charge on any atom is -0.352 e. The highest BCUT2D eigenvalue weighted by Gasteiger charge is 2.29. The summed E-state index contributed by atoms with van der Waals surface area (Å²) in [5, 5.41) is 3.74. The van der Waals surface area contributed by atoms with Crippen molar-refractivity contribution < 1.29 is 14.0 Å². The van der Waals surface area contributed by atoms with Crippen LogP contribution in [0.1, 0.15) is 44.7 Å². The lowest BCUT2D eigenvalue weighted by atomic mass is 10.1. The van der Waals surface area contributed by atoms with Crippen molar-refractivity contribution in [2.24, 2.45) is 0 Å². The van der Waals surface area contributed by atoms with E-state index in [-0.39, 0.29) is 36.6 Å². The van der Waals surface area contributed by atoms with Crippen LogP contribution in [0.25, 0.3) is 0 Å². The molecule has 0 aliphatic heterocycles. The van der Waals surface area contributed by atoms with Gasteiger partial charge in [0.2, 0.25) is 11.8 Å². The molecule has 0 fully saturated rings. The van der Waals surface area contributed by atoms with Gasteiger partial charge in [-0.25, -0.2) is 4.39 Å². The lowest BCUT2D eigenvalue weighted by Crippen LogP contribution is -2.51. The molecule has 1 N–H and O–H groups in total. The predicted molar refractivity (Wildman–Crippen MR) is 119 cm³/mol. The number of halogens is 3. The first-order valence-electron chi connectivity index (χ1n) is 10.0. The third kappa shape index (κ3) is 6.71. The van der Waals surface area contributed by atoms with Gasteiger partial charge >= 0.3 is 0 Å². The monoisotopic (exact) mass is 452 g/mol. The number of hydrogen-bond donors (Lipinski definition) is 1. The number of hydrogen-bond acceptors (Lipinski definition) is 2. The lowest BCUT2D eigenvalue weighted by molar-refractivity contribution is -0.141. The van der Waals surface area contributed by atoms with Crippen LogP contribution in [-0.2, 0) is 22.6 Å².